The predicted molar refractivity (Wildman–Crippen MR) is 135 cm³/mol. The fraction of sp³-hybridized carbons (Fsp3) is 0.417. The Bertz CT molecular complexity index is 1210. The maximum atomic E-state index is 13.6. The molecule has 2 aromatic carbocycles. The summed E-state index contributed by atoms with van der Waals surface area (Å²) in [4.78, 5) is 27.5. The van der Waals surface area contributed by atoms with Gasteiger partial charge < -0.3 is 15.0 Å². The standard InChI is InChI=1S/C24H29ClF3N3O5S/c1-5-20(23(33)29-6-2)30(14-16-7-10-18(36-3)11-8-16)22(32)15-31(37(4,34)35)21-13-17(24(26,27)28)9-12-19(21)25/h7-13,20H,5-6,14-15H2,1-4H3,(H,29,33)/t20-/m0/s1. The Hall–Kier alpha value is -2.99. The van der Waals surface area contributed by atoms with E-state index in [9.17, 15) is 31.2 Å². The van der Waals surface area contributed by atoms with Gasteiger partial charge in [0.2, 0.25) is 21.8 Å². The zero-order valence-corrected chi connectivity index (χ0v) is 22.4. The molecule has 0 unspecified atom stereocenters. The van der Waals surface area contributed by atoms with E-state index in [2.05, 4.69) is 5.32 Å². The molecule has 0 bridgehead atoms. The van der Waals surface area contributed by atoms with Crippen LogP contribution >= 0.6 is 11.6 Å². The summed E-state index contributed by atoms with van der Waals surface area (Å²) in [6.07, 6.45) is -3.80. The van der Waals surface area contributed by atoms with E-state index in [-0.39, 0.29) is 18.0 Å². The highest BCUT2D eigenvalue weighted by Crippen LogP contribution is 2.36. The first kappa shape index (κ1) is 30.2. The van der Waals surface area contributed by atoms with Crippen LogP contribution in [-0.4, -0.2) is 57.6 Å². The van der Waals surface area contributed by atoms with Crippen molar-refractivity contribution in [2.45, 2.75) is 39.0 Å². The van der Waals surface area contributed by atoms with Gasteiger partial charge in [-0.05, 0) is 49.2 Å². The third-order valence-electron chi connectivity index (χ3n) is 5.47. The van der Waals surface area contributed by atoms with E-state index in [0.29, 0.717) is 34.3 Å². The summed E-state index contributed by atoms with van der Waals surface area (Å²) in [6.45, 7) is 2.76. The molecule has 1 atom stereocenters. The van der Waals surface area contributed by atoms with Crippen molar-refractivity contribution in [3.8, 4) is 5.75 Å². The zero-order chi connectivity index (χ0) is 28.0. The van der Waals surface area contributed by atoms with Crippen molar-refractivity contribution < 1.29 is 35.9 Å². The largest absolute Gasteiger partial charge is 0.497 e. The van der Waals surface area contributed by atoms with Gasteiger partial charge in [-0.3, -0.25) is 13.9 Å². The number of rotatable bonds is 11. The average molecular weight is 564 g/mol. The van der Waals surface area contributed by atoms with Crippen LogP contribution in [0.5, 0.6) is 5.75 Å². The number of sulfonamides is 1. The van der Waals surface area contributed by atoms with Gasteiger partial charge in [-0.2, -0.15) is 13.2 Å². The van der Waals surface area contributed by atoms with E-state index in [0.717, 1.165) is 12.3 Å². The number of carbonyl (C=O) groups excluding carboxylic acids is 2. The fourth-order valence-corrected chi connectivity index (χ4v) is 4.74. The van der Waals surface area contributed by atoms with E-state index in [1.54, 1.807) is 38.1 Å². The van der Waals surface area contributed by atoms with Gasteiger partial charge in [0, 0.05) is 13.1 Å². The SMILES string of the molecule is CCNC(=O)[C@H](CC)N(Cc1ccc(OC)cc1)C(=O)CN(c1cc(C(F)(F)F)ccc1Cl)S(C)(=O)=O. The third-order valence-corrected chi connectivity index (χ3v) is 6.92. The van der Waals surface area contributed by atoms with Crippen LogP contribution in [-0.2, 0) is 32.3 Å². The van der Waals surface area contributed by atoms with Crippen molar-refractivity contribution in [1.29, 1.82) is 0 Å². The number of benzene rings is 2. The van der Waals surface area contributed by atoms with Crippen LogP contribution in [0.25, 0.3) is 0 Å². The Morgan fingerprint density at radius 3 is 2.22 bits per heavy atom. The number of hydrogen-bond donors (Lipinski definition) is 1. The monoisotopic (exact) mass is 563 g/mol. The number of ether oxygens (including phenoxy) is 1. The lowest BCUT2D eigenvalue weighted by atomic mass is 10.1. The topological polar surface area (TPSA) is 96.0 Å². The molecule has 8 nitrogen and oxygen atoms in total. The molecule has 1 N–H and O–H groups in total. The van der Waals surface area contributed by atoms with Crippen molar-refractivity contribution in [2.75, 3.05) is 30.8 Å². The predicted octanol–water partition coefficient (Wildman–Crippen LogP) is 4.08. The molecule has 2 amide bonds. The van der Waals surface area contributed by atoms with Crippen molar-refractivity contribution in [2.24, 2.45) is 0 Å². The Morgan fingerprint density at radius 2 is 1.73 bits per heavy atom. The minimum Gasteiger partial charge on any atom is -0.497 e. The van der Waals surface area contributed by atoms with Crippen LogP contribution in [0.15, 0.2) is 42.5 Å². The molecular weight excluding hydrogens is 535 g/mol. The van der Waals surface area contributed by atoms with Crippen LogP contribution in [0.2, 0.25) is 5.02 Å². The van der Waals surface area contributed by atoms with Crippen molar-refractivity contribution >= 4 is 39.1 Å². The van der Waals surface area contributed by atoms with Gasteiger partial charge in [-0.15, -0.1) is 0 Å². The second kappa shape index (κ2) is 12.5. The number of methoxy groups -OCH3 is 1. The molecule has 0 aliphatic heterocycles. The number of likely N-dealkylation sites (N-methyl/N-ethyl adjacent to an activating group) is 1. The quantitative estimate of drug-likeness (QED) is 0.444. The summed E-state index contributed by atoms with van der Waals surface area (Å²) in [5, 5.41) is 2.37. The van der Waals surface area contributed by atoms with Crippen LogP contribution in [0.1, 0.15) is 31.4 Å². The van der Waals surface area contributed by atoms with Gasteiger partial charge in [0.25, 0.3) is 0 Å². The molecule has 0 saturated carbocycles. The fourth-order valence-electron chi connectivity index (χ4n) is 3.61. The van der Waals surface area contributed by atoms with Gasteiger partial charge in [-0.1, -0.05) is 30.7 Å². The highest BCUT2D eigenvalue weighted by molar-refractivity contribution is 7.92. The molecule has 0 heterocycles. The molecule has 0 aliphatic rings. The van der Waals surface area contributed by atoms with Crippen molar-refractivity contribution in [1.82, 2.24) is 10.2 Å². The van der Waals surface area contributed by atoms with E-state index in [1.807, 2.05) is 0 Å². The lowest BCUT2D eigenvalue weighted by molar-refractivity contribution is -0.140. The molecule has 37 heavy (non-hydrogen) atoms. The minimum absolute atomic E-state index is 0.0631. The summed E-state index contributed by atoms with van der Waals surface area (Å²) in [5.41, 5.74) is -1.00. The average Bonchev–Trinajstić information content (AvgIpc) is 2.82. The van der Waals surface area contributed by atoms with E-state index in [1.165, 1.54) is 12.0 Å². The van der Waals surface area contributed by atoms with E-state index >= 15 is 0 Å². The second-order valence-corrected chi connectivity index (χ2v) is 10.4. The molecule has 0 spiro atoms. The lowest BCUT2D eigenvalue weighted by Crippen LogP contribution is -2.52. The molecule has 0 fully saturated rings. The van der Waals surface area contributed by atoms with Crippen molar-refractivity contribution in [3.63, 3.8) is 0 Å². The second-order valence-electron chi connectivity index (χ2n) is 8.12. The number of halogens is 4. The molecule has 0 aromatic heterocycles. The number of hydrogen-bond acceptors (Lipinski definition) is 5. The lowest BCUT2D eigenvalue weighted by Gasteiger charge is -2.33. The van der Waals surface area contributed by atoms with Gasteiger partial charge in [-0.25, -0.2) is 8.42 Å². The minimum atomic E-state index is -4.77. The van der Waals surface area contributed by atoms with Gasteiger partial charge in [0.1, 0.15) is 18.3 Å². The molecule has 2 rings (SSSR count). The summed E-state index contributed by atoms with van der Waals surface area (Å²) >= 11 is 6.08. The first-order valence-corrected chi connectivity index (χ1v) is 13.5. The molecule has 13 heteroatoms. The zero-order valence-electron chi connectivity index (χ0n) is 20.8. The number of anilines is 1. The number of nitrogens with one attached hydrogen (secondary N) is 1. The maximum absolute atomic E-state index is 13.6. The highest BCUT2D eigenvalue weighted by atomic mass is 35.5. The first-order valence-electron chi connectivity index (χ1n) is 11.3. The van der Waals surface area contributed by atoms with Crippen LogP contribution < -0.4 is 14.4 Å². The summed E-state index contributed by atoms with van der Waals surface area (Å²) in [5.74, 6) is -0.678. The number of alkyl halides is 3. The smallest absolute Gasteiger partial charge is 0.416 e. The molecule has 0 aliphatic carbocycles. The Morgan fingerprint density at radius 1 is 1.11 bits per heavy atom. The Labute approximate surface area is 219 Å². The molecular formula is C24H29ClF3N3O5S. The molecule has 0 saturated heterocycles. The number of carbonyl (C=O) groups is 2. The van der Waals surface area contributed by atoms with Crippen LogP contribution in [0, 0.1) is 0 Å². The summed E-state index contributed by atoms with van der Waals surface area (Å²) in [7, 11) is -2.77. The third kappa shape index (κ3) is 8.00. The van der Waals surface area contributed by atoms with Crippen molar-refractivity contribution in [3.05, 3.63) is 58.6 Å². The van der Waals surface area contributed by atoms with Crippen LogP contribution in [0.4, 0.5) is 18.9 Å². The summed E-state index contributed by atoms with van der Waals surface area (Å²) in [6, 6.07) is 7.93. The number of nitrogens with zero attached hydrogens (tertiary/aromatic N) is 2. The van der Waals surface area contributed by atoms with Gasteiger partial charge in [0.05, 0.1) is 29.6 Å². The normalized spacial score (nSPS) is 12.5. The first-order chi connectivity index (χ1) is 17.2. The molecule has 0 radical (unpaired) electrons. The summed E-state index contributed by atoms with van der Waals surface area (Å²) < 4.78 is 70.9. The van der Waals surface area contributed by atoms with Gasteiger partial charge in [0.15, 0.2) is 0 Å². The van der Waals surface area contributed by atoms with E-state index in [4.69, 9.17) is 16.3 Å². The molecule has 204 valence electrons. The highest BCUT2D eigenvalue weighted by Gasteiger charge is 2.35. The Balaban J connectivity index is 2.53. The molecule has 2 aromatic rings. The number of amides is 2. The van der Waals surface area contributed by atoms with Gasteiger partial charge >= 0.3 is 6.18 Å². The maximum Gasteiger partial charge on any atom is 0.416 e. The van der Waals surface area contributed by atoms with E-state index < -0.39 is 51.9 Å². The van der Waals surface area contributed by atoms with Crippen LogP contribution in [0.3, 0.4) is 0 Å². The Kier molecular flexibility index (Phi) is 10.2.